The highest BCUT2D eigenvalue weighted by atomic mass is 35.5. The molecule has 4 nitrogen and oxygen atoms in total. The molecule has 0 saturated carbocycles. The minimum Gasteiger partial charge on any atom is -0.237 e. The molecule has 0 amide bonds. The Bertz CT molecular complexity index is 1050. The Morgan fingerprint density at radius 2 is 0.844 bits per heavy atom. The van der Waals surface area contributed by atoms with Crippen molar-refractivity contribution in [1.29, 1.82) is 0 Å². The number of nitrogens with zero attached hydrogens (tertiary/aromatic N) is 4. The molecule has 2 heterocycles. The number of aromatic nitrogens is 4. The van der Waals surface area contributed by atoms with Gasteiger partial charge in [0.1, 0.15) is 11.4 Å². The molecule has 170 valence electrons. The first kappa shape index (κ1) is 25.7. The van der Waals surface area contributed by atoms with E-state index < -0.39 is 0 Å². The van der Waals surface area contributed by atoms with Crippen LogP contribution in [0, 0.1) is 0 Å². The molecule has 0 fully saturated rings. The predicted octanol–water partition coefficient (Wildman–Crippen LogP) is 7.16. The zero-order chi connectivity index (χ0) is 21.5. The molecular weight excluding hydrogens is 439 g/mol. The van der Waals surface area contributed by atoms with Crippen LogP contribution in [0.4, 0.5) is 0 Å². The molecule has 6 heteroatoms. The normalized spacial score (nSPS) is 11.6. The summed E-state index contributed by atoms with van der Waals surface area (Å²) in [5.41, 5.74) is 6.14. The van der Waals surface area contributed by atoms with Crippen LogP contribution in [0.15, 0.2) is 72.8 Å². The molecule has 32 heavy (non-hydrogen) atoms. The molecule has 0 aliphatic rings. The number of hydrogen-bond donors (Lipinski definition) is 0. The zero-order valence-electron chi connectivity index (χ0n) is 19.5. The molecule has 0 N–H and O–H groups in total. The Balaban J connectivity index is 0.00000181. The molecule has 2 aromatic heterocycles. The van der Waals surface area contributed by atoms with Crippen molar-refractivity contribution in [1.82, 2.24) is 19.6 Å². The summed E-state index contributed by atoms with van der Waals surface area (Å²) in [5.74, 6) is 0. The number of rotatable bonds is 3. The van der Waals surface area contributed by atoms with Gasteiger partial charge in [-0.25, -0.2) is 9.36 Å². The van der Waals surface area contributed by atoms with Crippen molar-refractivity contribution < 1.29 is 0 Å². The highest BCUT2D eigenvalue weighted by Gasteiger charge is 2.26. The molecule has 0 radical (unpaired) electrons. The van der Waals surface area contributed by atoms with E-state index in [-0.39, 0.29) is 35.6 Å². The van der Waals surface area contributed by atoms with Gasteiger partial charge in [-0.3, -0.25) is 0 Å². The van der Waals surface area contributed by atoms with E-state index in [4.69, 9.17) is 10.2 Å². The Morgan fingerprint density at radius 3 is 1.12 bits per heavy atom. The lowest BCUT2D eigenvalue weighted by molar-refractivity contribution is 0.543. The zero-order valence-corrected chi connectivity index (χ0v) is 21.2. The molecule has 0 saturated heterocycles. The predicted molar refractivity (Wildman–Crippen MR) is 138 cm³/mol. The first-order chi connectivity index (χ1) is 14.1. The molecule has 0 spiro atoms. The van der Waals surface area contributed by atoms with Crippen LogP contribution in [0.2, 0.25) is 0 Å². The largest absolute Gasteiger partial charge is 0.237 e. The average molecular weight is 471 g/mol. The quantitative estimate of drug-likeness (QED) is 0.318. The third-order valence-electron chi connectivity index (χ3n) is 5.22. The van der Waals surface area contributed by atoms with E-state index in [1.165, 1.54) is 0 Å². The van der Waals surface area contributed by atoms with E-state index in [0.717, 1.165) is 34.2 Å². The lowest BCUT2D eigenvalue weighted by atomic mass is 9.90. The molecule has 0 aliphatic carbocycles. The van der Waals surface area contributed by atoms with Crippen molar-refractivity contribution in [3.8, 4) is 22.8 Å². The summed E-state index contributed by atoms with van der Waals surface area (Å²) in [7, 11) is 0. The number of para-hydroxylation sites is 2. The van der Waals surface area contributed by atoms with Gasteiger partial charge < -0.3 is 0 Å². The molecule has 0 unspecified atom stereocenters. The van der Waals surface area contributed by atoms with Crippen molar-refractivity contribution in [2.45, 2.75) is 52.4 Å². The number of hydrogen-bond acceptors (Lipinski definition) is 2. The van der Waals surface area contributed by atoms with Gasteiger partial charge in [0.25, 0.3) is 0 Å². The van der Waals surface area contributed by atoms with Gasteiger partial charge >= 0.3 is 0 Å². The fourth-order valence-corrected chi connectivity index (χ4v) is 3.61. The van der Waals surface area contributed by atoms with Crippen molar-refractivity contribution in [3.63, 3.8) is 0 Å². The highest BCUT2D eigenvalue weighted by molar-refractivity contribution is 5.85. The van der Waals surface area contributed by atoms with Crippen LogP contribution in [-0.2, 0) is 10.8 Å². The minimum atomic E-state index is -0.0457. The van der Waals surface area contributed by atoms with E-state index in [2.05, 4.69) is 77.9 Å². The van der Waals surface area contributed by atoms with Crippen LogP contribution in [0.25, 0.3) is 22.8 Å². The van der Waals surface area contributed by atoms with Crippen molar-refractivity contribution >= 4 is 24.8 Å². The van der Waals surface area contributed by atoms with E-state index >= 15 is 0 Å². The molecular formula is C26H32Cl2N4. The molecule has 0 atom stereocenters. The fraction of sp³-hybridized carbons (Fsp3) is 0.308. The van der Waals surface area contributed by atoms with Gasteiger partial charge in [0.2, 0.25) is 0 Å². The summed E-state index contributed by atoms with van der Waals surface area (Å²) in [6.45, 7) is 13.3. The maximum absolute atomic E-state index is 4.99. The summed E-state index contributed by atoms with van der Waals surface area (Å²) in [6.07, 6.45) is 0. The summed E-state index contributed by atoms with van der Waals surface area (Å²) < 4.78 is 4.10. The monoisotopic (exact) mass is 470 g/mol. The summed E-state index contributed by atoms with van der Waals surface area (Å²) in [4.78, 5) is 0. The first-order valence-electron chi connectivity index (χ1n) is 10.5. The standard InChI is InChI=1S/C26H30N4.2ClH/c1-25(2,3)23-17-21(27-29(23)19-13-9-7-10-14-19)22-18-24(26(4,5)6)30(28-22)20-15-11-8-12-16-20;;/h7-18H,1-6H3;2*1H. The Morgan fingerprint density at radius 1 is 0.531 bits per heavy atom. The number of benzene rings is 2. The maximum Gasteiger partial charge on any atom is 0.113 e. The average Bonchev–Trinajstić information content (AvgIpc) is 3.34. The maximum atomic E-state index is 4.99. The molecule has 0 bridgehead atoms. The molecule has 2 aromatic carbocycles. The summed E-state index contributed by atoms with van der Waals surface area (Å²) in [5, 5.41) is 9.98. The van der Waals surface area contributed by atoms with Crippen LogP contribution in [0.5, 0.6) is 0 Å². The number of halogens is 2. The van der Waals surface area contributed by atoms with Crippen LogP contribution >= 0.6 is 24.8 Å². The second kappa shape index (κ2) is 9.51. The van der Waals surface area contributed by atoms with Gasteiger partial charge in [0.15, 0.2) is 0 Å². The Labute approximate surface area is 203 Å². The van der Waals surface area contributed by atoms with E-state index in [9.17, 15) is 0 Å². The van der Waals surface area contributed by atoms with Gasteiger partial charge in [-0.2, -0.15) is 10.2 Å². The van der Waals surface area contributed by atoms with Gasteiger partial charge in [-0.1, -0.05) is 77.9 Å². The summed E-state index contributed by atoms with van der Waals surface area (Å²) in [6, 6.07) is 25.0. The topological polar surface area (TPSA) is 35.6 Å². The van der Waals surface area contributed by atoms with Gasteiger partial charge in [-0.15, -0.1) is 24.8 Å². The second-order valence-electron chi connectivity index (χ2n) is 9.82. The van der Waals surface area contributed by atoms with Crippen LogP contribution in [0.3, 0.4) is 0 Å². The SMILES string of the molecule is CC(C)(C)c1cc(-c2cc(C(C)(C)C)n(-c3ccccc3)n2)nn1-c1ccccc1.Cl.Cl. The lowest BCUT2D eigenvalue weighted by Crippen LogP contribution is -2.17. The summed E-state index contributed by atoms with van der Waals surface area (Å²) >= 11 is 0. The Hall–Kier alpha value is -2.56. The second-order valence-corrected chi connectivity index (χ2v) is 9.82. The van der Waals surface area contributed by atoms with E-state index in [1.54, 1.807) is 0 Å². The minimum absolute atomic E-state index is 0. The third kappa shape index (κ3) is 5.08. The molecule has 4 rings (SSSR count). The van der Waals surface area contributed by atoms with Gasteiger partial charge in [-0.05, 0) is 36.4 Å². The van der Waals surface area contributed by atoms with Crippen molar-refractivity contribution in [2.24, 2.45) is 0 Å². The van der Waals surface area contributed by atoms with Gasteiger partial charge in [0, 0.05) is 10.8 Å². The van der Waals surface area contributed by atoms with E-state index in [1.807, 2.05) is 45.8 Å². The molecule has 0 aliphatic heterocycles. The van der Waals surface area contributed by atoms with Crippen molar-refractivity contribution in [2.75, 3.05) is 0 Å². The van der Waals surface area contributed by atoms with E-state index in [0.29, 0.717) is 0 Å². The van der Waals surface area contributed by atoms with Crippen LogP contribution in [-0.4, -0.2) is 19.6 Å². The van der Waals surface area contributed by atoms with Crippen molar-refractivity contribution in [3.05, 3.63) is 84.2 Å². The fourth-order valence-electron chi connectivity index (χ4n) is 3.61. The molecule has 4 aromatic rings. The van der Waals surface area contributed by atoms with Gasteiger partial charge in [0.05, 0.1) is 22.8 Å². The smallest absolute Gasteiger partial charge is 0.113 e. The highest BCUT2D eigenvalue weighted by Crippen LogP contribution is 2.33. The van der Waals surface area contributed by atoms with Crippen LogP contribution < -0.4 is 0 Å². The van der Waals surface area contributed by atoms with Crippen LogP contribution in [0.1, 0.15) is 52.9 Å². The Kier molecular flexibility index (Phi) is 7.64. The third-order valence-corrected chi connectivity index (χ3v) is 5.22. The first-order valence-corrected chi connectivity index (χ1v) is 10.5. The lowest BCUT2D eigenvalue weighted by Gasteiger charge is -2.20.